The molecule has 0 aliphatic carbocycles. The molecule has 0 amide bonds. The number of hydrogen-bond acceptors (Lipinski definition) is 3. The van der Waals surface area contributed by atoms with E-state index in [0.29, 0.717) is 0 Å². The first-order valence-electron chi connectivity index (χ1n) is 2.84. The van der Waals surface area contributed by atoms with Gasteiger partial charge in [-0.3, -0.25) is 10.1 Å². The molecule has 0 radical (unpaired) electrons. The van der Waals surface area contributed by atoms with E-state index in [0.717, 1.165) is 0 Å². The fourth-order valence-corrected chi connectivity index (χ4v) is 0.360. The second-order valence-electron chi connectivity index (χ2n) is 2.19. The second kappa shape index (κ2) is 3.40. The van der Waals surface area contributed by atoms with Crippen molar-refractivity contribution in [3.05, 3.63) is 10.1 Å². The minimum atomic E-state index is -0.644. The SMILES string of the molecule is CC(CO)[C@H](C)[N+](=O)[O-]. The van der Waals surface area contributed by atoms with E-state index in [1.165, 1.54) is 6.92 Å². The fraction of sp³-hybridized carbons (Fsp3) is 1.00. The molecule has 0 heterocycles. The van der Waals surface area contributed by atoms with Crippen molar-refractivity contribution in [1.29, 1.82) is 0 Å². The third-order valence-corrected chi connectivity index (χ3v) is 1.44. The van der Waals surface area contributed by atoms with Crippen LogP contribution in [-0.2, 0) is 0 Å². The van der Waals surface area contributed by atoms with E-state index in [1.54, 1.807) is 6.92 Å². The van der Waals surface area contributed by atoms with Gasteiger partial charge >= 0.3 is 0 Å². The van der Waals surface area contributed by atoms with Crippen molar-refractivity contribution in [2.24, 2.45) is 5.92 Å². The molecule has 0 aromatic rings. The Morgan fingerprint density at radius 1 is 1.67 bits per heavy atom. The van der Waals surface area contributed by atoms with E-state index in [2.05, 4.69) is 0 Å². The topological polar surface area (TPSA) is 63.4 Å². The molecule has 0 bridgehead atoms. The predicted octanol–water partition coefficient (Wildman–Crippen LogP) is 0.280. The van der Waals surface area contributed by atoms with Gasteiger partial charge in [0.2, 0.25) is 6.04 Å². The number of aliphatic hydroxyl groups is 1. The van der Waals surface area contributed by atoms with Crippen molar-refractivity contribution >= 4 is 0 Å². The average molecular weight is 133 g/mol. The third kappa shape index (κ3) is 2.41. The largest absolute Gasteiger partial charge is 0.396 e. The van der Waals surface area contributed by atoms with Crippen LogP contribution >= 0.6 is 0 Å². The zero-order chi connectivity index (χ0) is 7.44. The summed E-state index contributed by atoms with van der Waals surface area (Å²) in [5, 5.41) is 18.4. The Balaban J connectivity index is 3.72. The lowest BCUT2D eigenvalue weighted by Gasteiger charge is -2.08. The molecule has 0 fully saturated rings. The molecule has 4 nitrogen and oxygen atoms in total. The summed E-state index contributed by atoms with van der Waals surface area (Å²) in [7, 11) is 0. The molecule has 54 valence electrons. The fourth-order valence-electron chi connectivity index (χ4n) is 0.360. The maximum absolute atomic E-state index is 9.99. The number of aliphatic hydroxyl groups excluding tert-OH is 1. The first-order chi connectivity index (χ1) is 4.09. The molecule has 0 saturated carbocycles. The van der Waals surface area contributed by atoms with Crippen LogP contribution in [0.4, 0.5) is 0 Å². The minimum Gasteiger partial charge on any atom is -0.396 e. The van der Waals surface area contributed by atoms with Gasteiger partial charge in [-0.2, -0.15) is 0 Å². The Labute approximate surface area is 53.6 Å². The molecule has 1 unspecified atom stereocenters. The van der Waals surface area contributed by atoms with E-state index in [4.69, 9.17) is 5.11 Å². The minimum absolute atomic E-state index is 0.123. The molecular weight excluding hydrogens is 122 g/mol. The molecule has 0 aliphatic rings. The summed E-state index contributed by atoms with van der Waals surface area (Å²) in [6.07, 6.45) is 0. The normalized spacial score (nSPS) is 16.8. The highest BCUT2D eigenvalue weighted by molar-refractivity contribution is 4.56. The highest BCUT2D eigenvalue weighted by Gasteiger charge is 2.20. The molecule has 0 spiro atoms. The van der Waals surface area contributed by atoms with E-state index in [1.807, 2.05) is 0 Å². The van der Waals surface area contributed by atoms with Crippen LogP contribution in [0.1, 0.15) is 13.8 Å². The first kappa shape index (κ1) is 8.36. The number of rotatable bonds is 3. The Morgan fingerprint density at radius 3 is 2.22 bits per heavy atom. The molecule has 0 aromatic carbocycles. The molecule has 1 N–H and O–H groups in total. The van der Waals surface area contributed by atoms with Gasteiger partial charge < -0.3 is 5.11 Å². The van der Waals surface area contributed by atoms with Gasteiger partial charge in [-0.1, -0.05) is 6.92 Å². The number of hydrogen-bond donors (Lipinski definition) is 1. The summed E-state index contributed by atoms with van der Waals surface area (Å²) in [5.74, 6) is -0.250. The molecule has 0 saturated heterocycles. The van der Waals surface area contributed by atoms with Crippen molar-refractivity contribution in [3.63, 3.8) is 0 Å². The smallest absolute Gasteiger partial charge is 0.215 e. The second-order valence-corrected chi connectivity index (χ2v) is 2.19. The standard InChI is InChI=1S/C5H11NO3/c1-4(3-7)5(2)6(8)9/h4-5,7H,3H2,1-2H3/t4?,5-/m0/s1. The monoisotopic (exact) mass is 133 g/mol. The third-order valence-electron chi connectivity index (χ3n) is 1.44. The summed E-state index contributed by atoms with van der Waals surface area (Å²) < 4.78 is 0. The highest BCUT2D eigenvalue weighted by Crippen LogP contribution is 2.03. The predicted molar refractivity (Wildman–Crippen MR) is 32.7 cm³/mol. The van der Waals surface area contributed by atoms with Gasteiger partial charge in [0.1, 0.15) is 0 Å². The van der Waals surface area contributed by atoms with Crippen LogP contribution in [0.3, 0.4) is 0 Å². The van der Waals surface area contributed by atoms with Crippen LogP contribution in [0.15, 0.2) is 0 Å². The quantitative estimate of drug-likeness (QED) is 0.444. The summed E-state index contributed by atoms with van der Waals surface area (Å²) >= 11 is 0. The molecule has 0 aromatic heterocycles. The summed E-state index contributed by atoms with van der Waals surface area (Å²) in [6, 6.07) is -0.644. The average Bonchev–Trinajstić information content (AvgIpc) is 1.84. The number of nitro groups is 1. The number of nitrogens with zero attached hydrogens (tertiary/aromatic N) is 1. The van der Waals surface area contributed by atoms with Crippen LogP contribution in [-0.4, -0.2) is 22.7 Å². The van der Waals surface area contributed by atoms with E-state index >= 15 is 0 Å². The van der Waals surface area contributed by atoms with Gasteiger partial charge in [-0.15, -0.1) is 0 Å². The van der Waals surface area contributed by atoms with Crippen LogP contribution in [0.25, 0.3) is 0 Å². The van der Waals surface area contributed by atoms with Gasteiger partial charge in [0.05, 0.1) is 6.61 Å². The summed E-state index contributed by atoms with van der Waals surface area (Å²) in [6.45, 7) is 3.01. The summed E-state index contributed by atoms with van der Waals surface area (Å²) in [5.41, 5.74) is 0. The molecule has 9 heavy (non-hydrogen) atoms. The van der Waals surface area contributed by atoms with Crippen LogP contribution in [0, 0.1) is 16.0 Å². The Hall–Kier alpha value is -0.640. The zero-order valence-corrected chi connectivity index (χ0v) is 5.57. The van der Waals surface area contributed by atoms with Crippen LogP contribution < -0.4 is 0 Å². The van der Waals surface area contributed by atoms with Crippen molar-refractivity contribution in [2.45, 2.75) is 19.9 Å². The van der Waals surface area contributed by atoms with Crippen molar-refractivity contribution in [3.8, 4) is 0 Å². The van der Waals surface area contributed by atoms with Crippen molar-refractivity contribution < 1.29 is 10.0 Å². The molecule has 4 heteroatoms. The first-order valence-corrected chi connectivity index (χ1v) is 2.84. The van der Waals surface area contributed by atoms with Gasteiger partial charge in [0, 0.05) is 17.8 Å². The van der Waals surface area contributed by atoms with Gasteiger partial charge in [-0.05, 0) is 0 Å². The van der Waals surface area contributed by atoms with Gasteiger partial charge in [0.25, 0.3) is 0 Å². The van der Waals surface area contributed by atoms with E-state index < -0.39 is 6.04 Å². The maximum atomic E-state index is 9.99. The van der Waals surface area contributed by atoms with Crippen molar-refractivity contribution in [1.82, 2.24) is 0 Å². The Morgan fingerprint density at radius 2 is 2.11 bits per heavy atom. The Bertz CT molecular complexity index is 104. The summed E-state index contributed by atoms with van der Waals surface area (Å²) in [4.78, 5) is 9.61. The lowest BCUT2D eigenvalue weighted by atomic mass is 10.1. The van der Waals surface area contributed by atoms with E-state index in [9.17, 15) is 10.1 Å². The molecule has 0 rings (SSSR count). The Kier molecular flexibility index (Phi) is 3.16. The highest BCUT2D eigenvalue weighted by atomic mass is 16.6. The van der Waals surface area contributed by atoms with E-state index in [-0.39, 0.29) is 17.4 Å². The molecular formula is C5H11NO3. The lowest BCUT2D eigenvalue weighted by molar-refractivity contribution is -0.527. The molecule has 0 aliphatic heterocycles. The zero-order valence-electron chi connectivity index (χ0n) is 5.57. The van der Waals surface area contributed by atoms with Crippen LogP contribution in [0.2, 0.25) is 0 Å². The maximum Gasteiger partial charge on any atom is 0.215 e. The van der Waals surface area contributed by atoms with Gasteiger partial charge in [0.15, 0.2) is 0 Å². The lowest BCUT2D eigenvalue weighted by Crippen LogP contribution is -2.25. The van der Waals surface area contributed by atoms with Gasteiger partial charge in [-0.25, -0.2) is 0 Å². The molecule has 2 atom stereocenters. The van der Waals surface area contributed by atoms with Crippen LogP contribution in [0.5, 0.6) is 0 Å². The van der Waals surface area contributed by atoms with Crippen molar-refractivity contribution in [2.75, 3.05) is 6.61 Å².